The molecule has 57 heavy (non-hydrogen) atoms. The molecule has 0 fully saturated rings. The first-order valence-electron chi connectivity index (χ1n) is 19.6. The molecule has 1 aliphatic carbocycles. The first-order chi connectivity index (χ1) is 28.3. The normalized spacial score (nSPS) is 12.7. The molecular formula is C55H37NO. The molecule has 0 saturated heterocycles. The molecule has 268 valence electrons. The zero-order valence-electron chi connectivity index (χ0n) is 31.2. The quantitative estimate of drug-likeness (QED) is 0.163. The zero-order valence-corrected chi connectivity index (χ0v) is 31.2. The van der Waals surface area contributed by atoms with Crippen LogP contribution in [0.1, 0.15) is 22.3 Å². The second-order valence-corrected chi connectivity index (χ2v) is 14.8. The van der Waals surface area contributed by atoms with Crippen LogP contribution in [0.25, 0.3) is 55.3 Å². The van der Waals surface area contributed by atoms with Crippen LogP contribution in [-0.2, 0) is 5.41 Å². The maximum absolute atomic E-state index is 6.21. The van der Waals surface area contributed by atoms with Crippen molar-refractivity contribution in [1.29, 1.82) is 0 Å². The van der Waals surface area contributed by atoms with Gasteiger partial charge in [-0.2, -0.15) is 0 Å². The molecule has 0 N–H and O–H groups in total. The van der Waals surface area contributed by atoms with Crippen LogP contribution in [0.5, 0.6) is 0 Å². The van der Waals surface area contributed by atoms with Gasteiger partial charge in [0.1, 0.15) is 11.2 Å². The van der Waals surface area contributed by atoms with E-state index in [1.807, 2.05) is 12.1 Å². The predicted molar refractivity (Wildman–Crippen MR) is 237 cm³/mol. The Morgan fingerprint density at radius 1 is 0.333 bits per heavy atom. The minimum Gasteiger partial charge on any atom is -0.456 e. The van der Waals surface area contributed by atoms with E-state index in [1.54, 1.807) is 0 Å². The van der Waals surface area contributed by atoms with Crippen molar-refractivity contribution in [3.05, 3.63) is 247 Å². The van der Waals surface area contributed by atoms with Gasteiger partial charge in [0.25, 0.3) is 0 Å². The number of rotatable bonds is 7. The fourth-order valence-electron chi connectivity index (χ4n) is 9.26. The number of fused-ring (bicyclic) bond motifs is 6. The molecule has 1 aromatic heterocycles. The first-order valence-corrected chi connectivity index (χ1v) is 19.6. The Hall–Kier alpha value is -7.42. The highest BCUT2D eigenvalue weighted by Gasteiger charge is 2.45. The molecule has 0 saturated carbocycles. The summed E-state index contributed by atoms with van der Waals surface area (Å²) in [4.78, 5) is 2.33. The third kappa shape index (κ3) is 5.26. The molecule has 0 spiro atoms. The fraction of sp³-hybridized carbons (Fsp3) is 0.0182. The molecule has 9 aromatic carbocycles. The van der Waals surface area contributed by atoms with Gasteiger partial charge < -0.3 is 9.32 Å². The molecule has 2 nitrogen and oxygen atoms in total. The summed E-state index contributed by atoms with van der Waals surface area (Å²) in [6, 6.07) is 81.1. The summed E-state index contributed by atoms with van der Waals surface area (Å²) in [5.41, 5.74) is 17.2. The highest BCUT2D eigenvalue weighted by Crippen LogP contribution is 2.56. The van der Waals surface area contributed by atoms with E-state index in [1.165, 1.54) is 50.1 Å². The standard InChI is InChI=1S/C55H37NO/c1-4-15-41(16-5-1)55(42-17-6-2-7-18-42)50-24-12-10-21-47(50)49-37-40(31-36-51(49)55)38-27-32-44(33-28-38)56(43-19-8-3-9-20-43)45-34-29-39(30-35-45)46-23-14-26-53-54(46)48-22-11-13-25-52(48)57-53/h1-37H. The minimum atomic E-state index is -0.401. The lowest BCUT2D eigenvalue weighted by Crippen LogP contribution is -2.28. The maximum atomic E-state index is 6.21. The summed E-state index contributed by atoms with van der Waals surface area (Å²) < 4.78 is 6.21. The Morgan fingerprint density at radius 3 is 1.54 bits per heavy atom. The molecule has 1 heterocycles. The number of furan rings is 1. The Bertz CT molecular complexity index is 3000. The molecule has 1 aliphatic rings. The van der Waals surface area contributed by atoms with Crippen molar-refractivity contribution < 1.29 is 4.42 Å². The smallest absolute Gasteiger partial charge is 0.136 e. The van der Waals surface area contributed by atoms with E-state index in [4.69, 9.17) is 4.42 Å². The Kier molecular flexibility index (Phi) is 7.75. The molecule has 0 aliphatic heterocycles. The number of hydrogen-bond donors (Lipinski definition) is 0. The van der Waals surface area contributed by atoms with Crippen molar-refractivity contribution in [3.8, 4) is 33.4 Å². The van der Waals surface area contributed by atoms with Crippen molar-refractivity contribution in [2.75, 3.05) is 4.90 Å². The van der Waals surface area contributed by atoms with Crippen molar-refractivity contribution in [1.82, 2.24) is 0 Å². The monoisotopic (exact) mass is 727 g/mol. The van der Waals surface area contributed by atoms with Gasteiger partial charge in [-0.25, -0.2) is 0 Å². The third-order valence-electron chi connectivity index (χ3n) is 11.8. The summed E-state index contributed by atoms with van der Waals surface area (Å²) in [6.07, 6.45) is 0. The molecule has 0 bridgehead atoms. The Morgan fingerprint density at radius 2 is 0.842 bits per heavy atom. The molecule has 11 rings (SSSR count). The summed E-state index contributed by atoms with van der Waals surface area (Å²) in [7, 11) is 0. The van der Waals surface area contributed by atoms with Crippen LogP contribution < -0.4 is 4.90 Å². The maximum Gasteiger partial charge on any atom is 0.136 e. The third-order valence-corrected chi connectivity index (χ3v) is 11.8. The Balaban J connectivity index is 0.979. The average molecular weight is 728 g/mol. The van der Waals surface area contributed by atoms with Crippen molar-refractivity contribution in [2.24, 2.45) is 0 Å². The number of nitrogens with zero attached hydrogens (tertiary/aromatic N) is 1. The highest BCUT2D eigenvalue weighted by atomic mass is 16.3. The lowest BCUT2D eigenvalue weighted by atomic mass is 9.67. The number of hydrogen-bond acceptors (Lipinski definition) is 2. The molecule has 0 radical (unpaired) electrons. The second kappa shape index (κ2) is 13.4. The molecule has 0 atom stereocenters. The van der Waals surface area contributed by atoms with Crippen molar-refractivity contribution in [3.63, 3.8) is 0 Å². The van der Waals surface area contributed by atoms with Crippen LogP contribution >= 0.6 is 0 Å². The molecule has 0 unspecified atom stereocenters. The molecule has 2 heteroatoms. The summed E-state index contributed by atoms with van der Waals surface area (Å²) in [5.74, 6) is 0. The van der Waals surface area contributed by atoms with Gasteiger partial charge in [0.15, 0.2) is 0 Å². The van der Waals surface area contributed by atoms with Gasteiger partial charge in [0.05, 0.1) is 5.41 Å². The second-order valence-electron chi connectivity index (χ2n) is 14.8. The van der Waals surface area contributed by atoms with Gasteiger partial charge >= 0.3 is 0 Å². The number of anilines is 3. The fourth-order valence-corrected chi connectivity index (χ4v) is 9.26. The van der Waals surface area contributed by atoms with Gasteiger partial charge in [-0.3, -0.25) is 0 Å². The van der Waals surface area contributed by atoms with Crippen LogP contribution in [0, 0.1) is 0 Å². The molecular weight excluding hydrogens is 691 g/mol. The SMILES string of the molecule is c1ccc(N(c2ccc(-c3ccc4c(c3)-c3ccccc3C4(c3ccccc3)c3ccccc3)cc2)c2ccc(-c3cccc4oc5ccccc5c34)cc2)cc1. The molecule has 10 aromatic rings. The van der Waals surface area contributed by atoms with Crippen LogP contribution in [-0.4, -0.2) is 0 Å². The molecule has 0 amide bonds. The minimum absolute atomic E-state index is 0.401. The lowest BCUT2D eigenvalue weighted by Gasteiger charge is -2.33. The van der Waals surface area contributed by atoms with Gasteiger partial charge in [-0.1, -0.05) is 170 Å². The van der Waals surface area contributed by atoms with Gasteiger partial charge in [-0.05, 0) is 110 Å². The van der Waals surface area contributed by atoms with Crippen molar-refractivity contribution >= 4 is 39.0 Å². The van der Waals surface area contributed by atoms with E-state index in [2.05, 4.69) is 217 Å². The summed E-state index contributed by atoms with van der Waals surface area (Å²) in [5, 5.41) is 2.29. The van der Waals surface area contributed by atoms with E-state index < -0.39 is 5.41 Å². The van der Waals surface area contributed by atoms with Gasteiger partial charge in [0, 0.05) is 27.8 Å². The van der Waals surface area contributed by atoms with Crippen LogP contribution in [0.15, 0.2) is 229 Å². The summed E-state index contributed by atoms with van der Waals surface area (Å²) >= 11 is 0. The largest absolute Gasteiger partial charge is 0.456 e. The van der Waals surface area contributed by atoms with E-state index in [9.17, 15) is 0 Å². The van der Waals surface area contributed by atoms with Crippen molar-refractivity contribution in [2.45, 2.75) is 5.41 Å². The van der Waals surface area contributed by atoms with E-state index in [0.717, 1.165) is 44.6 Å². The topological polar surface area (TPSA) is 16.4 Å². The van der Waals surface area contributed by atoms with Gasteiger partial charge in [0.2, 0.25) is 0 Å². The lowest BCUT2D eigenvalue weighted by molar-refractivity contribution is 0.669. The Labute approximate surface area is 332 Å². The van der Waals surface area contributed by atoms with E-state index in [0.29, 0.717) is 0 Å². The van der Waals surface area contributed by atoms with E-state index in [-0.39, 0.29) is 0 Å². The zero-order chi connectivity index (χ0) is 37.8. The predicted octanol–water partition coefficient (Wildman–Crippen LogP) is 14.8. The van der Waals surface area contributed by atoms with Crippen LogP contribution in [0.4, 0.5) is 17.1 Å². The van der Waals surface area contributed by atoms with E-state index >= 15 is 0 Å². The summed E-state index contributed by atoms with van der Waals surface area (Å²) in [6.45, 7) is 0. The highest BCUT2D eigenvalue weighted by molar-refractivity contribution is 6.12. The number of benzene rings is 9. The first kappa shape index (κ1) is 33.0. The average Bonchev–Trinajstić information content (AvgIpc) is 3.82. The van der Waals surface area contributed by atoms with Crippen LogP contribution in [0.3, 0.4) is 0 Å². The number of para-hydroxylation sites is 2. The van der Waals surface area contributed by atoms with Gasteiger partial charge in [-0.15, -0.1) is 0 Å². The van der Waals surface area contributed by atoms with Crippen LogP contribution in [0.2, 0.25) is 0 Å².